The van der Waals surface area contributed by atoms with Gasteiger partial charge < -0.3 is 10.2 Å². The van der Waals surface area contributed by atoms with Crippen molar-refractivity contribution < 1.29 is 4.79 Å². The zero-order valence-corrected chi connectivity index (χ0v) is 15.2. The number of aromatic nitrogens is 2. The van der Waals surface area contributed by atoms with E-state index in [1.54, 1.807) is 13.0 Å². The number of hydrogen-bond donors (Lipinski definition) is 1. The third-order valence-corrected chi connectivity index (χ3v) is 4.81. The van der Waals surface area contributed by atoms with E-state index >= 15 is 0 Å². The molecule has 1 aliphatic heterocycles. The number of amides is 1. The van der Waals surface area contributed by atoms with Crippen molar-refractivity contribution in [3.8, 4) is 0 Å². The zero-order chi connectivity index (χ0) is 17.8. The average molecular weight is 338 g/mol. The number of nitrogens with one attached hydrogen (secondary N) is 1. The van der Waals surface area contributed by atoms with Crippen molar-refractivity contribution in [1.82, 2.24) is 20.2 Å². The van der Waals surface area contributed by atoms with E-state index in [4.69, 9.17) is 0 Å². The summed E-state index contributed by atoms with van der Waals surface area (Å²) in [6.07, 6.45) is 1.18. The number of carbonyl (C=O) groups is 1. The topological polar surface area (TPSA) is 58.1 Å². The molecule has 0 spiro atoms. The Hall–Kier alpha value is -2.27. The van der Waals surface area contributed by atoms with E-state index in [0.717, 1.165) is 25.3 Å². The summed E-state index contributed by atoms with van der Waals surface area (Å²) in [5, 5.41) is 2.98. The monoisotopic (exact) mass is 338 g/mol. The highest BCUT2D eigenvalue weighted by Crippen LogP contribution is 2.28. The highest BCUT2D eigenvalue weighted by atomic mass is 16.1. The Kier molecular flexibility index (Phi) is 5.43. The molecule has 1 aromatic carbocycles. The number of rotatable bonds is 5. The van der Waals surface area contributed by atoms with E-state index in [1.165, 1.54) is 17.5 Å². The van der Waals surface area contributed by atoms with E-state index in [9.17, 15) is 4.79 Å². The highest BCUT2D eigenvalue weighted by molar-refractivity contribution is 5.92. The van der Waals surface area contributed by atoms with Gasteiger partial charge in [0.25, 0.3) is 5.91 Å². The Balaban J connectivity index is 1.48. The molecule has 1 saturated heterocycles. The molecule has 1 atom stereocenters. The van der Waals surface area contributed by atoms with Crippen LogP contribution in [0.25, 0.3) is 0 Å². The molecule has 1 fully saturated rings. The lowest BCUT2D eigenvalue weighted by Crippen LogP contribution is -2.34. The van der Waals surface area contributed by atoms with Gasteiger partial charge in [0.05, 0.1) is 0 Å². The Labute approximate surface area is 149 Å². The lowest BCUT2D eigenvalue weighted by atomic mass is 9.94. The minimum Gasteiger partial charge on any atom is -0.349 e. The highest BCUT2D eigenvalue weighted by Gasteiger charge is 2.24. The third-order valence-electron chi connectivity index (χ3n) is 4.81. The zero-order valence-electron chi connectivity index (χ0n) is 15.2. The Morgan fingerprint density at radius 1 is 1.24 bits per heavy atom. The number of aryl methyl sites for hydroxylation is 3. The molecule has 0 aliphatic carbocycles. The van der Waals surface area contributed by atoms with Crippen molar-refractivity contribution in [2.45, 2.75) is 33.1 Å². The van der Waals surface area contributed by atoms with Crippen LogP contribution >= 0.6 is 0 Å². The van der Waals surface area contributed by atoms with Crippen LogP contribution in [0.15, 0.2) is 30.3 Å². The molecule has 5 heteroatoms. The van der Waals surface area contributed by atoms with Crippen molar-refractivity contribution in [2.24, 2.45) is 0 Å². The van der Waals surface area contributed by atoms with Crippen LogP contribution in [0.4, 0.5) is 0 Å². The van der Waals surface area contributed by atoms with Gasteiger partial charge in [-0.25, -0.2) is 9.97 Å². The lowest BCUT2D eigenvalue weighted by molar-refractivity contribution is 0.0944. The van der Waals surface area contributed by atoms with E-state index in [-0.39, 0.29) is 5.91 Å². The van der Waals surface area contributed by atoms with E-state index in [0.29, 0.717) is 24.0 Å². The van der Waals surface area contributed by atoms with Crippen LogP contribution in [-0.2, 0) is 0 Å². The Bertz CT molecular complexity index is 739. The normalized spacial score (nSPS) is 17.6. The molecule has 5 nitrogen and oxygen atoms in total. The summed E-state index contributed by atoms with van der Waals surface area (Å²) in [5.41, 5.74) is 4.10. The van der Waals surface area contributed by atoms with Gasteiger partial charge in [-0.2, -0.15) is 0 Å². The molecular formula is C20H26N4O. The summed E-state index contributed by atoms with van der Waals surface area (Å²) in [4.78, 5) is 23.1. The minimum atomic E-state index is -0.122. The van der Waals surface area contributed by atoms with E-state index in [1.807, 2.05) is 6.92 Å². The predicted octanol–water partition coefficient (Wildman–Crippen LogP) is 2.62. The molecule has 1 N–H and O–H groups in total. The van der Waals surface area contributed by atoms with E-state index in [2.05, 4.69) is 51.4 Å². The maximum atomic E-state index is 12.2. The summed E-state index contributed by atoms with van der Waals surface area (Å²) in [6.45, 7) is 9.52. The van der Waals surface area contributed by atoms with Gasteiger partial charge in [0.15, 0.2) is 0 Å². The summed E-state index contributed by atoms with van der Waals surface area (Å²) < 4.78 is 0. The first kappa shape index (κ1) is 17.5. The Morgan fingerprint density at radius 3 is 2.80 bits per heavy atom. The fourth-order valence-electron chi connectivity index (χ4n) is 3.59. The molecule has 132 valence electrons. The van der Waals surface area contributed by atoms with Crippen LogP contribution in [-0.4, -0.2) is 47.0 Å². The van der Waals surface area contributed by atoms with Gasteiger partial charge >= 0.3 is 0 Å². The predicted molar refractivity (Wildman–Crippen MR) is 98.8 cm³/mol. The fraction of sp³-hybridized carbons (Fsp3) is 0.450. The van der Waals surface area contributed by atoms with Crippen LogP contribution < -0.4 is 5.32 Å². The summed E-state index contributed by atoms with van der Waals surface area (Å²) in [5.74, 6) is 1.11. The smallest absolute Gasteiger partial charge is 0.270 e. The van der Waals surface area contributed by atoms with Crippen LogP contribution in [0.3, 0.4) is 0 Å². The largest absolute Gasteiger partial charge is 0.349 e. The lowest BCUT2D eigenvalue weighted by Gasteiger charge is -2.17. The molecule has 0 bridgehead atoms. The second-order valence-corrected chi connectivity index (χ2v) is 6.84. The van der Waals surface area contributed by atoms with Crippen LogP contribution in [0.5, 0.6) is 0 Å². The molecule has 0 unspecified atom stereocenters. The average Bonchev–Trinajstić information content (AvgIpc) is 3.03. The van der Waals surface area contributed by atoms with Crippen molar-refractivity contribution in [3.05, 3.63) is 58.7 Å². The van der Waals surface area contributed by atoms with E-state index < -0.39 is 0 Å². The first-order valence-electron chi connectivity index (χ1n) is 8.91. The van der Waals surface area contributed by atoms with Crippen LogP contribution in [0, 0.1) is 20.8 Å². The SMILES string of the molecule is Cc1cc(C(=O)NCCN2CC[C@H](c3ccccc3C)C2)nc(C)n1. The molecule has 2 heterocycles. The fourth-order valence-corrected chi connectivity index (χ4v) is 3.59. The van der Waals surface area contributed by atoms with Gasteiger partial charge in [-0.1, -0.05) is 24.3 Å². The van der Waals surface area contributed by atoms with Gasteiger partial charge in [0.1, 0.15) is 11.5 Å². The van der Waals surface area contributed by atoms with Crippen molar-refractivity contribution in [3.63, 3.8) is 0 Å². The number of carbonyl (C=O) groups excluding carboxylic acids is 1. The molecule has 0 saturated carbocycles. The summed E-state index contributed by atoms with van der Waals surface area (Å²) in [7, 11) is 0. The molecule has 25 heavy (non-hydrogen) atoms. The third kappa shape index (κ3) is 4.42. The van der Waals surface area contributed by atoms with Gasteiger partial charge in [-0.3, -0.25) is 4.79 Å². The van der Waals surface area contributed by atoms with Crippen molar-refractivity contribution in [2.75, 3.05) is 26.2 Å². The summed E-state index contributed by atoms with van der Waals surface area (Å²) >= 11 is 0. The van der Waals surface area contributed by atoms with Crippen LogP contribution in [0.1, 0.15) is 45.5 Å². The molecule has 2 aromatic rings. The number of nitrogens with zero attached hydrogens (tertiary/aromatic N) is 3. The first-order valence-corrected chi connectivity index (χ1v) is 8.91. The molecule has 1 aromatic heterocycles. The van der Waals surface area contributed by atoms with Gasteiger partial charge in [-0.15, -0.1) is 0 Å². The molecule has 1 amide bonds. The van der Waals surface area contributed by atoms with Crippen molar-refractivity contribution >= 4 is 5.91 Å². The van der Waals surface area contributed by atoms with Gasteiger partial charge in [0.2, 0.25) is 0 Å². The van der Waals surface area contributed by atoms with Gasteiger partial charge in [-0.05, 0) is 56.8 Å². The minimum absolute atomic E-state index is 0.122. The molecule has 0 radical (unpaired) electrons. The second-order valence-electron chi connectivity index (χ2n) is 6.84. The van der Waals surface area contributed by atoms with Gasteiger partial charge in [0, 0.05) is 25.3 Å². The van der Waals surface area contributed by atoms with Crippen molar-refractivity contribution in [1.29, 1.82) is 0 Å². The number of likely N-dealkylation sites (tertiary alicyclic amines) is 1. The molecule has 3 rings (SSSR count). The van der Waals surface area contributed by atoms with Crippen LogP contribution in [0.2, 0.25) is 0 Å². The maximum Gasteiger partial charge on any atom is 0.270 e. The standard InChI is InChI=1S/C20H26N4O/c1-14-6-4-5-7-18(14)17-8-10-24(13-17)11-9-21-20(25)19-12-15(2)22-16(3)23-19/h4-7,12,17H,8-11,13H2,1-3H3,(H,21,25)/t17-/m0/s1. The first-order chi connectivity index (χ1) is 12.0. The number of hydrogen-bond acceptors (Lipinski definition) is 4. The molecular weight excluding hydrogens is 312 g/mol. The quantitative estimate of drug-likeness (QED) is 0.910. The molecule has 1 aliphatic rings. The summed E-state index contributed by atoms with van der Waals surface area (Å²) in [6, 6.07) is 10.4. The Morgan fingerprint density at radius 2 is 2.04 bits per heavy atom. The maximum absolute atomic E-state index is 12.2. The second kappa shape index (κ2) is 7.74. The number of benzene rings is 1.